The molecular formula is C13H22IN3O. The second-order valence-electron chi connectivity index (χ2n) is 6.16. The number of aromatic nitrogens is 2. The first kappa shape index (κ1) is 14.1. The van der Waals surface area contributed by atoms with Crippen LogP contribution >= 0.6 is 22.6 Å². The number of anilines is 1. The fourth-order valence-electron chi connectivity index (χ4n) is 2.54. The molecule has 18 heavy (non-hydrogen) atoms. The molecule has 0 amide bonds. The predicted molar refractivity (Wildman–Crippen MR) is 81.6 cm³/mol. The van der Waals surface area contributed by atoms with Crippen LogP contribution in [-0.2, 0) is 5.41 Å². The Labute approximate surface area is 122 Å². The molecule has 0 spiro atoms. The summed E-state index contributed by atoms with van der Waals surface area (Å²) in [4.78, 5) is 0. The molecule has 2 atom stereocenters. The number of nitrogens with zero attached hydrogens (tertiary/aromatic N) is 2. The van der Waals surface area contributed by atoms with Crippen LogP contribution in [0.4, 0.5) is 5.82 Å². The van der Waals surface area contributed by atoms with Crippen molar-refractivity contribution in [1.29, 1.82) is 0 Å². The van der Waals surface area contributed by atoms with E-state index in [0.29, 0.717) is 5.82 Å². The maximum absolute atomic E-state index is 10.1. The third-order valence-electron chi connectivity index (χ3n) is 3.61. The third kappa shape index (κ3) is 2.52. The highest BCUT2D eigenvalue weighted by Crippen LogP contribution is 2.35. The van der Waals surface area contributed by atoms with Crippen molar-refractivity contribution in [3.8, 4) is 0 Å². The summed E-state index contributed by atoms with van der Waals surface area (Å²) in [6, 6.07) is 0.0448. The Morgan fingerprint density at radius 3 is 2.44 bits per heavy atom. The van der Waals surface area contributed by atoms with Crippen molar-refractivity contribution < 1.29 is 5.11 Å². The Bertz CT molecular complexity index is 436. The number of halogens is 1. The molecule has 0 bridgehead atoms. The molecule has 102 valence electrons. The monoisotopic (exact) mass is 363 g/mol. The zero-order chi connectivity index (χ0) is 13.5. The number of hydrogen-bond donors (Lipinski definition) is 2. The Balaban J connectivity index is 2.40. The van der Waals surface area contributed by atoms with Gasteiger partial charge in [-0.05, 0) is 35.4 Å². The molecule has 1 heterocycles. The molecule has 2 rings (SSSR count). The van der Waals surface area contributed by atoms with Gasteiger partial charge in [0.05, 0.1) is 21.4 Å². The van der Waals surface area contributed by atoms with E-state index in [1.807, 2.05) is 4.68 Å². The van der Waals surface area contributed by atoms with Crippen LogP contribution < -0.4 is 5.73 Å². The van der Waals surface area contributed by atoms with E-state index in [2.05, 4.69) is 48.5 Å². The van der Waals surface area contributed by atoms with Gasteiger partial charge < -0.3 is 10.8 Å². The summed E-state index contributed by atoms with van der Waals surface area (Å²) < 4.78 is 2.88. The molecule has 3 N–H and O–H groups in total. The predicted octanol–water partition coefficient (Wildman–Crippen LogP) is 2.84. The van der Waals surface area contributed by atoms with Crippen molar-refractivity contribution in [2.45, 2.75) is 64.0 Å². The van der Waals surface area contributed by atoms with Crippen LogP contribution in [0.5, 0.6) is 0 Å². The fourth-order valence-corrected chi connectivity index (χ4v) is 3.70. The molecule has 0 radical (unpaired) electrons. The van der Waals surface area contributed by atoms with Crippen LogP contribution in [0.2, 0.25) is 0 Å². The first-order chi connectivity index (χ1) is 8.32. The van der Waals surface area contributed by atoms with E-state index in [1.165, 1.54) is 0 Å². The normalized spacial score (nSPS) is 25.4. The minimum atomic E-state index is -0.315. The second kappa shape index (κ2) is 5.00. The highest BCUT2D eigenvalue weighted by atomic mass is 127. The molecule has 4 nitrogen and oxygen atoms in total. The quantitative estimate of drug-likeness (QED) is 0.755. The van der Waals surface area contributed by atoms with Gasteiger partial charge in [-0.3, -0.25) is 0 Å². The lowest BCUT2D eigenvalue weighted by molar-refractivity contribution is 0.0701. The molecule has 0 aliphatic heterocycles. The van der Waals surface area contributed by atoms with E-state index in [4.69, 9.17) is 5.73 Å². The van der Waals surface area contributed by atoms with Gasteiger partial charge in [-0.15, -0.1) is 0 Å². The molecule has 0 aromatic carbocycles. The number of aliphatic hydroxyl groups is 1. The smallest absolute Gasteiger partial charge is 0.135 e. The number of nitrogens with two attached hydrogens (primary N) is 1. The highest BCUT2D eigenvalue weighted by molar-refractivity contribution is 14.1. The molecule has 2 unspecified atom stereocenters. The minimum Gasteiger partial charge on any atom is -0.391 e. The average Bonchev–Trinajstić information content (AvgIpc) is 2.57. The van der Waals surface area contributed by atoms with E-state index >= 15 is 0 Å². The molecular weight excluding hydrogens is 341 g/mol. The SMILES string of the molecule is CC(C)(C)c1nn(C2CCCCC2O)c(N)c1I. The lowest BCUT2D eigenvalue weighted by Gasteiger charge is -2.28. The van der Waals surface area contributed by atoms with Crippen LogP contribution in [0.3, 0.4) is 0 Å². The molecule has 0 saturated heterocycles. The zero-order valence-corrected chi connectivity index (χ0v) is 13.4. The number of hydrogen-bond acceptors (Lipinski definition) is 3. The van der Waals surface area contributed by atoms with Crippen LogP contribution in [0, 0.1) is 3.57 Å². The summed E-state index contributed by atoms with van der Waals surface area (Å²) in [5, 5.41) is 14.8. The first-order valence-electron chi connectivity index (χ1n) is 6.54. The van der Waals surface area contributed by atoms with Crippen LogP contribution in [0.15, 0.2) is 0 Å². The van der Waals surface area contributed by atoms with Gasteiger partial charge in [0, 0.05) is 5.41 Å². The maximum Gasteiger partial charge on any atom is 0.135 e. The standard InChI is InChI=1S/C13H22IN3O/c1-13(2,3)11-10(14)12(15)17(16-11)8-6-4-5-7-9(8)18/h8-9,18H,4-7,15H2,1-3H3. The van der Waals surface area contributed by atoms with E-state index in [1.54, 1.807) is 0 Å². The first-order valence-corrected chi connectivity index (χ1v) is 7.62. The lowest BCUT2D eigenvalue weighted by atomic mass is 9.92. The highest BCUT2D eigenvalue weighted by Gasteiger charge is 2.31. The van der Waals surface area contributed by atoms with Crippen molar-refractivity contribution in [2.24, 2.45) is 0 Å². The van der Waals surface area contributed by atoms with Crippen molar-refractivity contribution in [1.82, 2.24) is 9.78 Å². The molecule has 1 fully saturated rings. The van der Waals surface area contributed by atoms with Crippen LogP contribution in [0.1, 0.15) is 58.2 Å². The molecule has 5 heteroatoms. The minimum absolute atomic E-state index is 0.0183. The van der Waals surface area contributed by atoms with Gasteiger partial charge in [0.2, 0.25) is 0 Å². The summed E-state index contributed by atoms with van der Waals surface area (Å²) in [6.07, 6.45) is 3.74. The summed E-state index contributed by atoms with van der Waals surface area (Å²) >= 11 is 2.26. The number of rotatable bonds is 1. The average molecular weight is 363 g/mol. The Morgan fingerprint density at radius 1 is 1.33 bits per heavy atom. The molecule has 1 aromatic rings. The topological polar surface area (TPSA) is 64.1 Å². The van der Waals surface area contributed by atoms with Gasteiger partial charge in [-0.25, -0.2) is 4.68 Å². The van der Waals surface area contributed by atoms with E-state index in [-0.39, 0.29) is 17.6 Å². The van der Waals surface area contributed by atoms with E-state index in [9.17, 15) is 5.11 Å². The fraction of sp³-hybridized carbons (Fsp3) is 0.769. The lowest BCUT2D eigenvalue weighted by Crippen LogP contribution is -2.29. The summed E-state index contributed by atoms with van der Waals surface area (Å²) in [7, 11) is 0. The number of nitrogen functional groups attached to an aromatic ring is 1. The van der Waals surface area contributed by atoms with Crippen molar-refractivity contribution >= 4 is 28.4 Å². The van der Waals surface area contributed by atoms with Crippen molar-refractivity contribution in [3.63, 3.8) is 0 Å². The third-order valence-corrected chi connectivity index (χ3v) is 4.67. The number of aliphatic hydroxyl groups excluding tert-OH is 1. The Kier molecular flexibility index (Phi) is 3.92. The van der Waals surface area contributed by atoms with E-state index < -0.39 is 0 Å². The van der Waals surface area contributed by atoms with Crippen molar-refractivity contribution in [3.05, 3.63) is 9.26 Å². The second-order valence-corrected chi connectivity index (χ2v) is 7.24. The Hall–Kier alpha value is -0.300. The molecule has 1 aromatic heterocycles. The van der Waals surface area contributed by atoms with Crippen LogP contribution in [0.25, 0.3) is 0 Å². The van der Waals surface area contributed by atoms with E-state index in [0.717, 1.165) is 34.9 Å². The maximum atomic E-state index is 10.1. The van der Waals surface area contributed by atoms with Gasteiger partial charge in [0.1, 0.15) is 5.82 Å². The van der Waals surface area contributed by atoms with Gasteiger partial charge in [-0.2, -0.15) is 5.10 Å². The zero-order valence-electron chi connectivity index (χ0n) is 11.3. The molecule has 1 saturated carbocycles. The molecule has 1 aliphatic carbocycles. The van der Waals surface area contributed by atoms with Crippen LogP contribution in [-0.4, -0.2) is 21.0 Å². The summed E-state index contributed by atoms with van der Waals surface area (Å²) in [6.45, 7) is 6.41. The van der Waals surface area contributed by atoms with Crippen molar-refractivity contribution in [2.75, 3.05) is 5.73 Å². The van der Waals surface area contributed by atoms with Gasteiger partial charge in [-0.1, -0.05) is 33.6 Å². The summed E-state index contributed by atoms with van der Waals surface area (Å²) in [5.41, 5.74) is 7.18. The summed E-state index contributed by atoms with van der Waals surface area (Å²) in [5.74, 6) is 0.700. The van der Waals surface area contributed by atoms with Gasteiger partial charge in [0.25, 0.3) is 0 Å². The van der Waals surface area contributed by atoms with Gasteiger partial charge >= 0.3 is 0 Å². The Morgan fingerprint density at radius 2 is 1.94 bits per heavy atom. The molecule has 1 aliphatic rings. The largest absolute Gasteiger partial charge is 0.391 e. The van der Waals surface area contributed by atoms with Gasteiger partial charge in [0.15, 0.2) is 0 Å².